The van der Waals surface area contributed by atoms with Crippen LogP contribution in [0.4, 0.5) is 23.3 Å². The highest BCUT2D eigenvalue weighted by molar-refractivity contribution is 5.83. The Balaban J connectivity index is 1.84. The van der Waals surface area contributed by atoms with Crippen molar-refractivity contribution < 1.29 is 9.84 Å². The molecule has 0 bridgehead atoms. The third-order valence-corrected chi connectivity index (χ3v) is 5.14. The number of nitrogens with one attached hydrogen (secondary N) is 3. The lowest BCUT2D eigenvalue weighted by molar-refractivity contribution is 0.259. The number of hydrogen-bond donors (Lipinski definition) is 4. The summed E-state index contributed by atoms with van der Waals surface area (Å²) >= 11 is 0. The van der Waals surface area contributed by atoms with Crippen molar-refractivity contribution in [2.24, 2.45) is 5.92 Å². The fraction of sp³-hybridized carbons (Fsp3) is 0.545. The number of fused-ring (bicyclic) bond motifs is 1. The van der Waals surface area contributed by atoms with Gasteiger partial charge in [-0.2, -0.15) is 9.97 Å². The maximum Gasteiger partial charge on any atom is 0.227 e. The van der Waals surface area contributed by atoms with E-state index in [-0.39, 0.29) is 12.6 Å². The molecule has 1 aliphatic heterocycles. The SMILES string of the molecule is COc1ccc(CNc2nc(N[C@@H](CO)CC(C)C)nc3c2NCN3C(C)C)cc1. The van der Waals surface area contributed by atoms with Crippen LogP contribution in [0.5, 0.6) is 5.75 Å². The molecular formula is C22H34N6O2. The number of aliphatic hydroxyl groups excluding tert-OH is 1. The highest BCUT2D eigenvalue weighted by atomic mass is 16.5. The van der Waals surface area contributed by atoms with Crippen LogP contribution in [-0.2, 0) is 6.54 Å². The van der Waals surface area contributed by atoms with Crippen molar-refractivity contribution in [1.82, 2.24) is 9.97 Å². The molecule has 2 heterocycles. The fourth-order valence-electron chi connectivity index (χ4n) is 3.54. The van der Waals surface area contributed by atoms with Crippen LogP contribution in [0.3, 0.4) is 0 Å². The minimum absolute atomic E-state index is 0.0411. The summed E-state index contributed by atoms with van der Waals surface area (Å²) in [5.74, 6) is 3.46. The van der Waals surface area contributed by atoms with Crippen molar-refractivity contribution in [2.45, 2.75) is 52.7 Å². The quantitative estimate of drug-likeness (QED) is 0.469. The zero-order valence-electron chi connectivity index (χ0n) is 18.6. The normalized spacial score (nSPS) is 13.9. The maximum atomic E-state index is 9.77. The Hall–Kier alpha value is -2.74. The van der Waals surface area contributed by atoms with E-state index in [1.165, 1.54) is 0 Å². The largest absolute Gasteiger partial charge is 0.497 e. The van der Waals surface area contributed by atoms with Gasteiger partial charge in [0.05, 0.1) is 26.4 Å². The number of aromatic nitrogens is 2. The molecule has 8 heteroatoms. The van der Waals surface area contributed by atoms with E-state index in [2.05, 4.69) is 48.5 Å². The Bertz CT molecular complexity index is 825. The van der Waals surface area contributed by atoms with E-state index < -0.39 is 0 Å². The zero-order chi connectivity index (χ0) is 21.7. The number of nitrogens with zero attached hydrogens (tertiary/aromatic N) is 3. The van der Waals surface area contributed by atoms with E-state index in [9.17, 15) is 5.11 Å². The molecule has 0 saturated carbocycles. The van der Waals surface area contributed by atoms with Crippen LogP contribution in [0.2, 0.25) is 0 Å². The molecule has 30 heavy (non-hydrogen) atoms. The molecule has 4 N–H and O–H groups in total. The lowest BCUT2D eigenvalue weighted by atomic mass is 10.0. The van der Waals surface area contributed by atoms with Gasteiger partial charge in [0.25, 0.3) is 0 Å². The van der Waals surface area contributed by atoms with Crippen molar-refractivity contribution >= 4 is 23.3 Å². The van der Waals surface area contributed by atoms with E-state index >= 15 is 0 Å². The summed E-state index contributed by atoms with van der Waals surface area (Å²) in [6.07, 6.45) is 0.845. The minimum Gasteiger partial charge on any atom is -0.497 e. The van der Waals surface area contributed by atoms with Gasteiger partial charge in [0.1, 0.15) is 11.4 Å². The second-order valence-corrected chi connectivity index (χ2v) is 8.35. The van der Waals surface area contributed by atoms with Crippen molar-refractivity contribution in [3.8, 4) is 5.75 Å². The van der Waals surface area contributed by atoms with Gasteiger partial charge < -0.3 is 30.7 Å². The summed E-state index contributed by atoms with van der Waals surface area (Å²) in [6.45, 7) is 9.93. The van der Waals surface area contributed by atoms with Gasteiger partial charge in [0.2, 0.25) is 5.95 Å². The number of anilines is 4. The molecule has 3 rings (SSSR count). The second kappa shape index (κ2) is 9.84. The van der Waals surface area contributed by atoms with Crippen LogP contribution in [0.1, 0.15) is 39.7 Å². The third-order valence-electron chi connectivity index (χ3n) is 5.14. The van der Waals surface area contributed by atoms with Gasteiger partial charge >= 0.3 is 0 Å². The molecule has 8 nitrogen and oxygen atoms in total. The highest BCUT2D eigenvalue weighted by Gasteiger charge is 2.27. The lowest BCUT2D eigenvalue weighted by Crippen LogP contribution is -2.31. The first-order chi connectivity index (χ1) is 14.4. The smallest absolute Gasteiger partial charge is 0.227 e. The monoisotopic (exact) mass is 414 g/mol. The molecule has 1 atom stereocenters. The molecule has 1 aromatic carbocycles. The zero-order valence-corrected chi connectivity index (χ0v) is 18.6. The molecule has 2 aromatic rings. The van der Waals surface area contributed by atoms with E-state index in [0.717, 1.165) is 35.1 Å². The molecule has 1 aromatic heterocycles. The third kappa shape index (κ3) is 5.24. The van der Waals surface area contributed by atoms with Crippen molar-refractivity contribution in [3.63, 3.8) is 0 Å². The van der Waals surface area contributed by atoms with E-state index in [1.807, 2.05) is 24.3 Å². The second-order valence-electron chi connectivity index (χ2n) is 8.35. The molecule has 1 aliphatic rings. The lowest BCUT2D eigenvalue weighted by Gasteiger charge is -2.23. The van der Waals surface area contributed by atoms with E-state index in [1.54, 1.807) is 7.11 Å². The Morgan fingerprint density at radius 2 is 1.90 bits per heavy atom. The van der Waals surface area contributed by atoms with Gasteiger partial charge in [-0.3, -0.25) is 0 Å². The summed E-state index contributed by atoms with van der Waals surface area (Å²) < 4.78 is 5.23. The predicted octanol–water partition coefficient (Wildman–Crippen LogP) is 3.51. The Kier molecular flexibility index (Phi) is 7.20. The van der Waals surface area contributed by atoms with Gasteiger partial charge in [-0.25, -0.2) is 0 Å². The van der Waals surface area contributed by atoms with Crippen molar-refractivity contribution in [2.75, 3.05) is 41.2 Å². The predicted molar refractivity (Wildman–Crippen MR) is 122 cm³/mol. The maximum absolute atomic E-state index is 9.77. The number of hydrogen-bond acceptors (Lipinski definition) is 8. The van der Waals surface area contributed by atoms with Gasteiger partial charge in [0, 0.05) is 12.6 Å². The topological polar surface area (TPSA) is 94.6 Å². The summed E-state index contributed by atoms with van der Waals surface area (Å²) in [7, 11) is 1.66. The summed E-state index contributed by atoms with van der Waals surface area (Å²) in [5, 5.41) is 20.0. The first-order valence-electron chi connectivity index (χ1n) is 10.6. The number of aliphatic hydroxyl groups is 1. The molecular weight excluding hydrogens is 380 g/mol. The van der Waals surface area contributed by atoms with Crippen molar-refractivity contribution in [3.05, 3.63) is 29.8 Å². The number of rotatable bonds is 10. The standard InChI is InChI=1S/C22H34N6O2/c1-14(2)10-17(12-29)25-22-26-20(19-21(27-22)28(13-24-19)15(3)4)23-11-16-6-8-18(30-5)9-7-16/h6-9,14-15,17,24,29H,10-13H2,1-5H3,(H2,23,25,26,27)/t17-/m1/s1. The van der Waals surface area contributed by atoms with Gasteiger partial charge in [-0.05, 0) is 43.9 Å². The highest BCUT2D eigenvalue weighted by Crippen LogP contribution is 2.37. The average molecular weight is 415 g/mol. The molecule has 0 amide bonds. The summed E-state index contributed by atoms with van der Waals surface area (Å²) in [4.78, 5) is 11.7. The molecule has 0 spiro atoms. The number of ether oxygens (including phenoxy) is 1. The van der Waals surface area contributed by atoms with Crippen LogP contribution in [0.25, 0.3) is 0 Å². The molecule has 164 valence electrons. The minimum atomic E-state index is -0.0839. The van der Waals surface area contributed by atoms with Crippen LogP contribution < -0.4 is 25.6 Å². The first kappa shape index (κ1) is 22.0. The molecule has 0 aliphatic carbocycles. The number of benzene rings is 1. The summed E-state index contributed by atoms with van der Waals surface area (Å²) in [5.41, 5.74) is 2.04. The molecule has 0 unspecified atom stereocenters. The molecule has 0 radical (unpaired) electrons. The van der Waals surface area contributed by atoms with Gasteiger partial charge in [-0.15, -0.1) is 0 Å². The Labute approximate surface area is 179 Å². The number of methoxy groups -OCH3 is 1. The summed E-state index contributed by atoms with van der Waals surface area (Å²) in [6, 6.07) is 8.19. The van der Waals surface area contributed by atoms with E-state index in [4.69, 9.17) is 14.7 Å². The van der Waals surface area contributed by atoms with Gasteiger partial charge in [-0.1, -0.05) is 26.0 Å². The van der Waals surface area contributed by atoms with Crippen LogP contribution in [0, 0.1) is 5.92 Å². The first-order valence-corrected chi connectivity index (χ1v) is 10.6. The fourth-order valence-corrected chi connectivity index (χ4v) is 3.54. The van der Waals surface area contributed by atoms with Crippen LogP contribution >= 0.6 is 0 Å². The van der Waals surface area contributed by atoms with E-state index in [0.29, 0.717) is 31.1 Å². The van der Waals surface area contributed by atoms with Crippen LogP contribution in [0.15, 0.2) is 24.3 Å². The van der Waals surface area contributed by atoms with Crippen molar-refractivity contribution in [1.29, 1.82) is 0 Å². The average Bonchev–Trinajstić information content (AvgIpc) is 3.16. The van der Waals surface area contributed by atoms with Crippen LogP contribution in [-0.4, -0.2) is 47.5 Å². The Morgan fingerprint density at radius 3 is 2.50 bits per heavy atom. The molecule has 0 saturated heterocycles. The molecule has 0 fully saturated rings. The van der Waals surface area contributed by atoms with Gasteiger partial charge in [0.15, 0.2) is 11.6 Å². The Morgan fingerprint density at radius 1 is 1.17 bits per heavy atom.